The molecule has 1 atom stereocenters. The number of hydrogen-bond acceptors (Lipinski definition) is 5. The van der Waals surface area contributed by atoms with E-state index in [4.69, 9.17) is 8.83 Å². The number of anilines is 1. The number of hydrogen-bond donors (Lipinski definition) is 1. The molecule has 0 spiro atoms. The molecule has 4 aromatic rings. The van der Waals surface area contributed by atoms with Crippen LogP contribution < -0.4 is 4.90 Å². The number of Topliss-reactive ketones (excluding diaryl/α,β-unsaturated/α-hetero) is 1. The number of rotatable bonds is 4. The van der Waals surface area contributed by atoms with Crippen LogP contribution in [0.3, 0.4) is 0 Å². The second kappa shape index (κ2) is 7.02. The first-order valence-electron chi connectivity index (χ1n) is 9.87. The Labute approximate surface area is 178 Å². The summed E-state index contributed by atoms with van der Waals surface area (Å²) in [7, 11) is 0. The molecule has 0 aliphatic carbocycles. The van der Waals surface area contributed by atoms with Crippen molar-refractivity contribution in [2.75, 3.05) is 4.90 Å². The first-order chi connectivity index (χ1) is 14.9. The largest absolute Gasteiger partial charge is 0.503 e. The van der Waals surface area contributed by atoms with Gasteiger partial charge in [-0.2, -0.15) is 0 Å². The zero-order valence-electron chi connectivity index (χ0n) is 17.0. The number of aliphatic hydroxyl groups excluding tert-OH is 1. The highest BCUT2D eigenvalue weighted by molar-refractivity contribution is 6.20. The second-order valence-electron chi connectivity index (χ2n) is 7.60. The van der Waals surface area contributed by atoms with Gasteiger partial charge in [-0.15, -0.1) is 0 Å². The number of fused-ring (bicyclic) bond motifs is 1. The van der Waals surface area contributed by atoms with E-state index < -0.39 is 23.5 Å². The topological polar surface area (TPSA) is 83.9 Å². The molecule has 0 saturated carbocycles. The van der Waals surface area contributed by atoms with Gasteiger partial charge in [0, 0.05) is 11.1 Å². The van der Waals surface area contributed by atoms with E-state index in [1.54, 1.807) is 37.3 Å². The van der Waals surface area contributed by atoms with Gasteiger partial charge in [-0.05, 0) is 55.8 Å². The van der Waals surface area contributed by atoms with Gasteiger partial charge in [-0.1, -0.05) is 30.3 Å². The summed E-state index contributed by atoms with van der Waals surface area (Å²) in [4.78, 5) is 28.0. The van der Waals surface area contributed by atoms with Crippen LogP contribution in [-0.2, 0) is 4.79 Å². The van der Waals surface area contributed by atoms with Crippen LogP contribution in [0, 0.1) is 13.8 Å². The summed E-state index contributed by atoms with van der Waals surface area (Å²) in [6, 6.07) is 18.7. The molecule has 1 unspecified atom stereocenters. The Balaban J connectivity index is 1.66. The summed E-state index contributed by atoms with van der Waals surface area (Å²) < 4.78 is 11.5. The number of amides is 1. The van der Waals surface area contributed by atoms with E-state index >= 15 is 0 Å². The quantitative estimate of drug-likeness (QED) is 0.451. The van der Waals surface area contributed by atoms with Crippen molar-refractivity contribution in [1.82, 2.24) is 0 Å². The van der Waals surface area contributed by atoms with Gasteiger partial charge in [0.15, 0.2) is 11.5 Å². The lowest BCUT2D eigenvalue weighted by molar-refractivity contribution is -0.117. The van der Waals surface area contributed by atoms with Crippen molar-refractivity contribution in [2.24, 2.45) is 0 Å². The van der Waals surface area contributed by atoms with Crippen molar-refractivity contribution >= 4 is 28.3 Å². The number of aryl methyl sites for hydroxylation is 2. The minimum absolute atomic E-state index is 0.0509. The van der Waals surface area contributed by atoms with Crippen LogP contribution in [-0.4, -0.2) is 16.8 Å². The number of aliphatic hydroxyl groups is 1. The lowest BCUT2D eigenvalue weighted by atomic mass is 9.99. The molecule has 3 heterocycles. The molecule has 0 fully saturated rings. The van der Waals surface area contributed by atoms with Crippen LogP contribution in [0.4, 0.5) is 5.69 Å². The van der Waals surface area contributed by atoms with Gasteiger partial charge in [0.2, 0.25) is 5.78 Å². The number of carbonyl (C=O) groups excluding carboxylic acids is 2. The third-order valence-corrected chi connectivity index (χ3v) is 5.41. The van der Waals surface area contributed by atoms with Crippen LogP contribution in [0.15, 0.2) is 86.9 Å². The molecule has 1 amide bonds. The lowest BCUT2D eigenvalue weighted by Crippen LogP contribution is -2.30. The fraction of sp³-hybridized carbons (Fsp3) is 0.120. The Morgan fingerprint density at radius 1 is 0.968 bits per heavy atom. The number of ketones is 1. The first kappa shape index (κ1) is 18.9. The number of nitrogens with zero attached hydrogens (tertiary/aromatic N) is 1. The van der Waals surface area contributed by atoms with Gasteiger partial charge in [-0.3, -0.25) is 14.5 Å². The molecule has 1 aliphatic heterocycles. The van der Waals surface area contributed by atoms with E-state index in [0.29, 0.717) is 22.8 Å². The molecule has 6 heteroatoms. The van der Waals surface area contributed by atoms with Crippen molar-refractivity contribution in [1.29, 1.82) is 0 Å². The van der Waals surface area contributed by atoms with Gasteiger partial charge in [0.05, 0.1) is 5.57 Å². The smallest absolute Gasteiger partial charge is 0.294 e. The summed E-state index contributed by atoms with van der Waals surface area (Å²) in [5.41, 5.74) is 1.98. The summed E-state index contributed by atoms with van der Waals surface area (Å²) >= 11 is 0. The molecule has 2 aromatic carbocycles. The molecule has 2 aromatic heterocycles. The molecule has 6 nitrogen and oxygen atoms in total. The van der Waals surface area contributed by atoms with Gasteiger partial charge in [0.25, 0.3) is 5.91 Å². The van der Waals surface area contributed by atoms with Crippen LogP contribution in [0.1, 0.15) is 33.7 Å². The van der Waals surface area contributed by atoms with Gasteiger partial charge in [-0.25, -0.2) is 0 Å². The van der Waals surface area contributed by atoms with Gasteiger partial charge in [0.1, 0.15) is 23.1 Å². The monoisotopic (exact) mass is 413 g/mol. The SMILES string of the molecule is Cc1cccc(N2C(=O)C(O)=C(C(=O)c3cc4ccccc4o3)C2c2ccc(C)o2)c1. The molecule has 0 saturated heterocycles. The molecule has 1 N–H and O–H groups in total. The third kappa shape index (κ3) is 3.04. The highest BCUT2D eigenvalue weighted by Gasteiger charge is 2.46. The second-order valence-corrected chi connectivity index (χ2v) is 7.60. The van der Waals surface area contributed by atoms with Crippen molar-refractivity contribution in [3.05, 3.63) is 101 Å². The lowest BCUT2D eigenvalue weighted by Gasteiger charge is -2.25. The first-order valence-corrected chi connectivity index (χ1v) is 9.87. The summed E-state index contributed by atoms with van der Waals surface area (Å²) in [6.45, 7) is 3.69. The van der Waals surface area contributed by atoms with Crippen molar-refractivity contribution in [3.63, 3.8) is 0 Å². The van der Waals surface area contributed by atoms with Crippen LogP contribution in [0.25, 0.3) is 11.0 Å². The average molecular weight is 413 g/mol. The minimum atomic E-state index is -0.913. The maximum absolute atomic E-state index is 13.5. The predicted molar refractivity (Wildman–Crippen MR) is 115 cm³/mol. The van der Waals surface area contributed by atoms with Crippen molar-refractivity contribution < 1.29 is 23.5 Å². The predicted octanol–water partition coefficient (Wildman–Crippen LogP) is 5.43. The van der Waals surface area contributed by atoms with E-state index in [1.807, 2.05) is 43.3 Å². The van der Waals surface area contributed by atoms with E-state index in [0.717, 1.165) is 10.9 Å². The summed E-state index contributed by atoms with van der Waals surface area (Å²) in [5, 5.41) is 11.5. The normalized spacial score (nSPS) is 16.5. The standard InChI is InChI=1S/C25H19NO5/c1-14-6-5-8-17(12-14)26-22(19-11-10-15(2)30-19)21(24(28)25(26)29)23(27)20-13-16-7-3-4-9-18(16)31-20/h3-13,22,28H,1-2H3. The average Bonchev–Trinajstić information content (AvgIpc) is 3.44. The highest BCUT2D eigenvalue weighted by Crippen LogP contribution is 2.43. The summed E-state index contributed by atoms with van der Waals surface area (Å²) in [6.07, 6.45) is 0. The Morgan fingerprint density at radius 2 is 1.77 bits per heavy atom. The maximum atomic E-state index is 13.5. The molecular formula is C25H19NO5. The van der Waals surface area contributed by atoms with Crippen molar-refractivity contribution in [2.45, 2.75) is 19.9 Å². The molecule has 0 radical (unpaired) electrons. The van der Waals surface area contributed by atoms with Crippen LogP contribution in [0.5, 0.6) is 0 Å². The zero-order chi connectivity index (χ0) is 21.7. The Bertz CT molecular complexity index is 1340. The Hall–Kier alpha value is -4.06. The van der Waals surface area contributed by atoms with Crippen LogP contribution >= 0.6 is 0 Å². The molecule has 5 rings (SSSR count). The van der Waals surface area contributed by atoms with E-state index in [1.165, 1.54) is 4.90 Å². The Kier molecular flexibility index (Phi) is 4.29. The fourth-order valence-electron chi connectivity index (χ4n) is 3.98. The number of carbonyl (C=O) groups is 2. The van der Waals surface area contributed by atoms with Crippen molar-refractivity contribution in [3.8, 4) is 0 Å². The highest BCUT2D eigenvalue weighted by atomic mass is 16.4. The fourth-order valence-corrected chi connectivity index (χ4v) is 3.98. The van der Waals surface area contributed by atoms with Gasteiger partial charge >= 0.3 is 0 Å². The number of furan rings is 2. The molecule has 154 valence electrons. The molecule has 1 aliphatic rings. The van der Waals surface area contributed by atoms with Crippen LogP contribution in [0.2, 0.25) is 0 Å². The van der Waals surface area contributed by atoms with E-state index in [2.05, 4.69) is 0 Å². The molecule has 0 bridgehead atoms. The number of benzene rings is 2. The maximum Gasteiger partial charge on any atom is 0.294 e. The van der Waals surface area contributed by atoms with E-state index in [-0.39, 0.29) is 11.3 Å². The molecular weight excluding hydrogens is 394 g/mol. The number of para-hydroxylation sites is 1. The minimum Gasteiger partial charge on any atom is -0.503 e. The third-order valence-electron chi connectivity index (χ3n) is 5.41. The van der Waals surface area contributed by atoms with E-state index in [9.17, 15) is 14.7 Å². The van der Waals surface area contributed by atoms with Gasteiger partial charge < -0.3 is 13.9 Å². The summed E-state index contributed by atoms with van der Waals surface area (Å²) in [5.74, 6) is -0.759. The zero-order valence-corrected chi connectivity index (χ0v) is 17.0. The Morgan fingerprint density at radius 3 is 2.48 bits per heavy atom. The molecule has 31 heavy (non-hydrogen) atoms.